The maximum absolute atomic E-state index is 12.4. The summed E-state index contributed by atoms with van der Waals surface area (Å²) in [6.45, 7) is 6.76. The summed E-state index contributed by atoms with van der Waals surface area (Å²) in [5.74, 6) is 1.32. The number of halogens is 1. The van der Waals surface area contributed by atoms with Gasteiger partial charge in [0.1, 0.15) is 5.82 Å². The maximum Gasteiger partial charge on any atom is 0.255 e. The number of anilines is 1. The largest absolute Gasteiger partial charge is 0.369 e. The van der Waals surface area contributed by atoms with Crippen molar-refractivity contribution in [3.63, 3.8) is 0 Å². The van der Waals surface area contributed by atoms with Crippen LogP contribution in [0.3, 0.4) is 0 Å². The zero-order valence-corrected chi connectivity index (χ0v) is 12.9. The molecule has 1 aromatic heterocycles. The molecule has 1 aliphatic heterocycles. The lowest BCUT2D eigenvalue weighted by molar-refractivity contribution is 0.0786. The van der Waals surface area contributed by atoms with Gasteiger partial charge >= 0.3 is 0 Å². The molecule has 0 spiro atoms. The lowest BCUT2D eigenvalue weighted by atomic mass is 10.1. The van der Waals surface area contributed by atoms with E-state index in [-0.39, 0.29) is 5.91 Å². The second-order valence-corrected chi connectivity index (χ2v) is 5.70. The minimum atomic E-state index is 0.0393. The van der Waals surface area contributed by atoms with Crippen LogP contribution in [0.2, 0.25) is 5.02 Å². The maximum atomic E-state index is 12.4. The molecule has 1 N–H and O–H groups in total. The normalized spacial score (nSPS) is 18.4. The smallest absolute Gasteiger partial charge is 0.255 e. The molecule has 1 atom stereocenters. The highest BCUT2D eigenvalue weighted by molar-refractivity contribution is 6.33. The predicted molar refractivity (Wildman–Crippen MR) is 82.3 cm³/mol. The van der Waals surface area contributed by atoms with Crippen LogP contribution in [-0.2, 0) is 0 Å². The number of likely N-dealkylation sites (tertiary alicyclic amines) is 1. The summed E-state index contributed by atoms with van der Waals surface area (Å²) < 4.78 is 0. The van der Waals surface area contributed by atoms with Gasteiger partial charge in [0.05, 0.1) is 10.6 Å². The summed E-state index contributed by atoms with van der Waals surface area (Å²) in [4.78, 5) is 18.6. The lowest BCUT2D eigenvalue weighted by Crippen LogP contribution is -2.28. The van der Waals surface area contributed by atoms with Crippen LogP contribution in [0.5, 0.6) is 0 Å². The first-order valence-electron chi connectivity index (χ1n) is 7.34. The quantitative estimate of drug-likeness (QED) is 0.905. The molecule has 4 nitrogen and oxygen atoms in total. The first-order valence-corrected chi connectivity index (χ1v) is 7.72. The summed E-state index contributed by atoms with van der Waals surface area (Å²) in [5.41, 5.74) is 0.578. The van der Waals surface area contributed by atoms with E-state index in [0.717, 1.165) is 38.9 Å². The highest BCUT2D eigenvalue weighted by atomic mass is 35.5. The fraction of sp³-hybridized carbons (Fsp3) is 0.600. The van der Waals surface area contributed by atoms with E-state index in [1.807, 2.05) is 4.90 Å². The number of nitrogens with one attached hydrogen (secondary N) is 1. The molecular weight excluding hydrogens is 274 g/mol. The number of hydrogen-bond acceptors (Lipinski definition) is 3. The molecule has 0 bridgehead atoms. The Labute approximate surface area is 125 Å². The van der Waals surface area contributed by atoms with E-state index in [1.54, 1.807) is 12.3 Å². The zero-order valence-electron chi connectivity index (χ0n) is 12.2. The molecular formula is C15H22ClN3O. The van der Waals surface area contributed by atoms with Crippen molar-refractivity contribution in [1.29, 1.82) is 0 Å². The number of amides is 1. The van der Waals surface area contributed by atoms with Crippen molar-refractivity contribution in [2.75, 3.05) is 25.0 Å². The summed E-state index contributed by atoms with van der Waals surface area (Å²) in [6.07, 6.45) is 4.85. The standard InChI is InChI=1S/C15H22ClN3O/c1-3-6-17-14-13(16)8-12(9-18-14)15(20)19-7-5-11(4-2)10-19/h8-9,11H,3-7,10H2,1-2H3,(H,17,18). The molecule has 2 rings (SSSR count). The fourth-order valence-electron chi connectivity index (χ4n) is 2.46. The van der Waals surface area contributed by atoms with Crippen molar-refractivity contribution >= 4 is 23.3 Å². The summed E-state index contributed by atoms with van der Waals surface area (Å²) >= 11 is 6.18. The van der Waals surface area contributed by atoms with E-state index in [2.05, 4.69) is 24.1 Å². The molecule has 1 aliphatic rings. The van der Waals surface area contributed by atoms with E-state index in [4.69, 9.17) is 11.6 Å². The van der Waals surface area contributed by atoms with Gasteiger partial charge in [-0.15, -0.1) is 0 Å². The molecule has 1 aromatic rings. The van der Waals surface area contributed by atoms with Gasteiger partial charge in [-0.3, -0.25) is 4.79 Å². The second-order valence-electron chi connectivity index (χ2n) is 5.30. The summed E-state index contributed by atoms with van der Waals surface area (Å²) in [5, 5.41) is 3.66. The van der Waals surface area contributed by atoms with Gasteiger partial charge in [-0.2, -0.15) is 0 Å². The molecule has 20 heavy (non-hydrogen) atoms. The van der Waals surface area contributed by atoms with Crippen LogP contribution in [0.1, 0.15) is 43.5 Å². The van der Waals surface area contributed by atoms with Gasteiger partial charge in [-0.1, -0.05) is 31.9 Å². The van der Waals surface area contributed by atoms with Crippen molar-refractivity contribution in [2.45, 2.75) is 33.1 Å². The molecule has 1 unspecified atom stereocenters. The van der Waals surface area contributed by atoms with Gasteiger partial charge in [0, 0.05) is 25.8 Å². The Balaban J connectivity index is 2.05. The molecule has 1 amide bonds. The van der Waals surface area contributed by atoms with Crippen molar-refractivity contribution < 1.29 is 4.79 Å². The third-order valence-corrected chi connectivity index (χ3v) is 4.07. The van der Waals surface area contributed by atoms with Crippen LogP contribution in [0, 0.1) is 5.92 Å². The van der Waals surface area contributed by atoms with Crippen molar-refractivity contribution in [3.8, 4) is 0 Å². The first kappa shape index (κ1) is 15.1. The van der Waals surface area contributed by atoms with Crippen LogP contribution < -0.4 is 5.32 Å². The Morgan fingerprint density at radius 2 is 2.35 bits per heavy atom. The van der Waals surface area contributed by atoms with E-state index in [1.165, 1.54) is 0 Å². The molecule has 1 saturated heterocycles. The van der Waals surface area contributed by atoms with Crippen molar-refractivity contribution in [2.24, 2.45) is 5.92 Å². The highest BCUT2D eigenvalue weighted by Crippen LogP contribution is 2.24. The SMILES string of the molecule is CCCNc1ncc(C(=O)N2CCC(CC)C2)cc1Cl. The third kappa shape index (κ3) is 3.42. The van der Waals surface area contributed by atoms with Gasteiger partial charge < -0.3 is 10.2 Å². The van der Waals surface area contributed by atoms with Crippen LogP contribution in [0.15, 0.2) is 12.3 Å². The highest BCUT2D eigenvalue weighted by Gasteiger charge is 2.26. The molecule has 2 heterocycles. The molecule has 0 radical (unpaired) electrons. The Morgan fingerprint density at radius 3 is 2.95 bits per heavy atom. The minimum Gasteiger partial charge on any atom is -0.369 e. The third-order valence-electron chi connectivity index (χ3n) is 3.78. The average molecular weight is 296 g/mol. The minimum absolute atomic E-state index is 0.0393. The summed E-state index contributed by atoms with van der Waals surface area (Å²) in [7, 11) is 0. The fourth-order valence-corrected chi connectivity index (χ4v) is 2.69. The lowest BCUT2D eigenvalue weighted by Gasteiger charge is -2.16. The predicted octanol–water partition coefficient (Wildman–Crippen LogP) is 3.43. The van der Waals surface area contributed by atoms with E-state index >= 15 is 0 Å². The average Bonchev–Trinajstić information content (AvgIpc) is 2.94. The Kier molecular flexibility index (Phi) is 5.24. The van der Waals surface area contributed by atoms with Crippen molar-refractivity contribution in [1.82, 2.24) is 9.88 Å². The first-order chi connectivity index (χ1) is 9.65. The van der Waals surface area contributed by atoms with Crippen molar-refractivity contribution in [3.05, 3.63) is 22.8 Å². The Hall–Kier alpha value is -1.29. The Morgan fingerprint density at radius 1 is 1.55 bits per heavy atom. The van der Waals surface area contributed by atoms with Crippen LogP contribution in [-0.4, -0.2) is 35.4 Å². The van der Waals surface area contributed by atoms with Gasteiger partial charge in [0.15, 0.2) is 0 Å². The second kappa shape index (κ2) is 6.93. The topological polar surface area (TPSA) is 45.2 Å². The van der Waals surface area contributed by atoms with Gasteiger partial charge in [0.25, 0.3) is 5.91 Å². The zero-order chi connectivity index (χ0) is 14.5. The number of nitrogens with zero attached hydrogens (tertiary/aromatic N) is 2. The molecule has 1 fully saturated rings. The van der Waals surface area contributed by atoms with Crippen LogP contribution in [0.25, 0.3) is 0 Å². The molecule has 0 aliphatic carbocycles. The van der Waals surface area contributed by atoms with Gasteiger partial charge in [0.2, 0.25) is 0 Å². The van der Waals surface area contributed by atoms with Crippen LogP contribution in [0.4, 0.5) is 5.82 Å². The van der Waals surface area contributed by atoms with E-state index in [0.29, 0.717) is 22.3 Å². The summed E-state index contributed by atoms with van der Waals surface area (Å²) in [6, 6.07) is 1.72. The van der Waals surface area contributed by atoms with E-state index < -0.39 is 0 Å². The number of hydrogen-bond donors (Lipinski definition) is 1. The number of carbonyl (C=O) groups is 1. The molecule has 0 saturated carbocycles. The number of pyridine rings is 1. The van der Waals surface area contributed by atoms with Gasteiger partial charge in [-0.25, -0.2) is 4.98 Å². The number of carbonyl (C=O) groups excluding carboxylic acids is 1. The monoisotopic (exact) mass is 295 g/mol. The number of rotatable bonds is 5. The molecule has 5 heteroatoms. The van der Waals surface area contributed by atoms with Gasteiger partial charge in [-0.05, 0) is 24.8 Å². The Bertz CT molecular complexity index is 478. The van der Waals surface area contributed by atoms with E-state index in [9.17, 15) is 4.79 Å². The molecule has 110 valence electrons. The number of aromatic nitrogens is 1. The molecule has 0 aromatic carbocycles. The van der Waals surface area contributed by atoms with Crippen LogP contribution >= 0.6 is 11.6 Å².